The van der Waals surface area contributed by atoms with Crippen molar-refractivity contribution >= 4 is 11.4 Å². The lowest BCUT2D eigenvalue weighted by Gasteiger charge is -2.15. The van der Waals surface area contributed by atoms with Crippen LogP contribution in [0.5, 0.6) is 5.75 Å². The van der Waals surface area contributed by atoms with Crippen molar-refractivity contribution in [2.24, 2.45) is 0 Å². The molecule has 0 spiro atoms. The normalized spacial score (nSPS) is 12.2. The first kappa shape index (κ1) is 16.7. The zero-order chi connectivity index (χ0) is 19.1. The zero-order valence-electron chi connectivity index (χ0n) is 14.3. The molecule has 3 aromatic rings. The largest absolute Gasteiger partial charge is 0.497 e. The van der Waals surface area contributed by atoms with Crippen LogP contribution in [0.2, 0.25) is 0 Å². The van der Waals surface area contributed by atoms with Crippen LogP contribution in [0.3, 0.4) is 0 Å². The Morgan fingerprint density at radius 3 is 2.52 bits per heavy atom. The molecule has 1 aromatic heterocycles. The number of hydrogen-bond acceptors (Lipinski definition) is 6. The maximum absolute atomic E-state index is 11.4. The van der Waals surface area contributed by atoms with Gasteiger partial charge in [-0.1, -0.05) is 0 Å². The molecular weight excluding hydrogens is 352 g/mol. The molecular formula is C18H14N4O5. The van der Waals surface area contributed by atoms with Crippen LogP contribution in [0, 0.1) is 20.2 Å². The summed E-state index contributed by atoms with van der Waals surface area (Å²) in [5.41, 5.74) is 3.28. The molecule has 1 aliphatic carbocycles. The van der Waals surface area contributed by atoms with E-state index < -0.39 is 9.85 Å². The van der Waals surface area contributed by atoms with Crippen molar-refractivity contribution in [3.05, 3.63) is 74.0 Å². The van der Waals surface area contributed by atoms with Gasteiger partial charge >= 0.3 is 5.69 Å². The first-order chi connectivity index (χ1) is 13.0. The highest BCUT2D eigenvalue weighted by molar-refractivity contribution is 5.71. The lowest BCUT2D eigenvalue weighted by atomic mass is 9.90. The molecule has 4 rings (SSSR count). The number of non-ortho nitro benzene ring substituents is 1. The molecule has 9 heteroatoms. The maximum atomic E-state index is 11.4. The number of nitro benzene ring substituents is 2. The summed E-state index contributed by atoms with van der Waals surface area (Å²) in [6, 6.07) is 9.28. The number of hydrogen-bond donors (Lipinski definition) is 0. The molecule has 0 saturated carbocycles. The Morgan fingerprint density at radius 1 is 1.04 bits per heavy atom. The zero-order valence-corrected chi connectivity index (χ0v) is 14.3. The third kappa shape index (κ3) is 2.78. The van der Waals surface area contributed by atoms with Gasteiger partial charge in [-0.15, -0.1) is 0 Å². The lowest BCUT2D eigenvalue weighted by molar-refractivity contribution is -0.394. The number of ether oxygens (including phenoxy) is 1. The van der Waals surface area contributed by atoms with Crippen molar-refractivity contribution in [1.82, 2.24) is 9.78 Å². The molecule has 136 valence electrons. The van der Waals surface area contributed by atoms with E-state index in [9.17, 15) is 20.2 Å². The Balaban J connectivity index is 1.83. The Bertz CT molecular complexity index is 1090. The number of benzene rings is 2. The minimum atomic E-state index is -0.658. The monoisotopic (exact) mass is 366 g/mol. The minimum absolute atomic E-state index is 0.190. The number of nitrogens with zero attached hydrogens (tertiary/aromatic N) is 4. The first-order valence-corrected chi connectivity index (χ1v) is 8.17. The van der Waals surface area contributed by atoms with Gasteiger partial charge in [0.05, 0.1) is 28.7 Å². The SMILES string of the molecule is COc1ccc2c(c1)CCc1cn(-c3ccc([N+](=O)[O-])cc3[N+](=O)[O-])nc1-2. The third-order valence-corrected chi connectivity index (χ3v) is 4.63. The van der Waals surface area contributed by atoms with E-state index in [1.807, 2.05) is 18.2 Å². The van der Waals surface area contributed by atoms with Crippen molar-refractivity contribution in [1.29, 1.82) is 0 Å². The molecule has 1 heterocycles. The molecule has 2 aromatic carbocycles. The second-order valence-corrected chi connectivity index (χ2v) is 6.16. The highest BCUT2D eigenvalue weighted by Crippen LogP contribution is 2.36. The summed E-state index contributed by atoms with van der Waals surface area (Å²) < 4.78 is 6.68. The number of fused-ring (bicyclic) bond motifs is 3. The van der Waals surface area contributed by atoms with E-state index in [1.54, 1.807) is 13.3 Å². The summed E-state index contributed by atoms with van der Waals surface area (Å²) in [5.74, 6) is 0.766. The van der Waals surface area contributed by atoms with Crippen molar-refractivity contribution in [3.8, 4) is 22.7 Å². The Labute approximate surface area is 153 Å². The summed E-state index contributed by atoms with van der Waals surface area (Å²) in [6.45, 7) is 0. The summed E-state index contributed by atoms with van der Waals surface area (Å²) in [7, 11) is 1.61. The van der Waals surface area contributed by atoms with E-state index in [1.165, 1.54) is 16.8 Å². The smallest absolute Gasteiger partial charge is 0.301 e. The van der Waals surface area contributed by atoms with Crippen LogP contribution in [0.4, 0.5) is 11.4 Å². The predicted octanol–water partition coefficient (Wildman–Crippen LogP) is 3.46. The molecule has 0 fully saturated rings. The van der Waals surface area contributed by atoms with E-state index >= 15 is 0 Å². The van der Waals surface area contributed by atoms with Gasteiger partial charge in [-0.25, -0.2) is 4.68 Å². The number of methoxy groups -OCH3 is 1. The van der Waals surface area contributed by atoms with Crippen LogP contribution in [0.25, 0.3) is 16.9 Å². The maximum Gasteiger partial charge on any atom is 0.301 e. The second kappa shape index (κ2) is 6.20. The fourth-order valence-electron chi connectivity index (χ4n) is 3.31. The Morgan fingerprint density at radius 2 is 1.81 bits per heavy atom. The van der Waals surface area contributed by atoms with Gasteiger partial charge in [0.15, 0.2) is 0 Å². The van der Waals surface area contributed by atoms with Gasteiger partial charge in [0.1, 0.15) is 11.4 Å². The first-order valence-electron chi connectivity index (χ1n) is 8.17. The lowest BCUT2D eigenvalue weighted by Crippen LogP contribution is -2.03. The minimum Gasteiger partial charge on any atom is -0.497 e. The average Bonchev–Trinajstić information content (AvgIpc) is 3.11. The third-order valence-electron chi connectivity index (χ3n) is 4.63. The highest BCUT2D eigenvalue weighted by atomic mass is 16.6. The summed E-state index contributed by atoms with van der Waals surface area (Å²) in [4.78, 5) is 21.0. The number of aryl methyl sites for hydroxylation is 2. The second-order valence-electron chi connectivity index (χ2n) is 6.16. The molecule has 1 aliphatic rings. The fraction of sp³-hybridized carbons (Fsp3) is 0.167. The fourth-order valence-corrected chi connectivity index (χ4v) is 3.31. The Hall–Kier alpha value is -3.75. The van der Waals surface area contributed by atoms with Gasteiger partial charge in [0.2, 0.25) is 0 Å². The van der Waals surface area contributed by atoms with Crippen LogP contribution in [-0.2, 0) is 12.8 Å². The van der Waals surface area contributed by atoms with Crippen molar-refractivity contribution in [2.75, 3.05) is 7.11 Å². The number of rotatable bonds is 4. The quantitative estimate of drug-likeness (QED) is 0.516. The number of aromatic nitrogens is 2. The van der Waals surface area contributed by atoms with E-state index in [0.717, 1.165) is 47.0 Å². The molecule has 0 bridgehead atoms. The molecule has 0 N–H and O–H groups in total. The van der Waals surface area contributed by atoms with E-state index in [-0.39, 0.29) is 17.1 Å². The molecule has 0 amide bonds. The molecule has 0 atom stereocenters. The topological polar surface area (TPSA) is 113 Å². The predicted molar refractivity (Wildman–Crippen MR) is 96.3 cm³/mol. The highest BCUT2D eigenvalue weighted by Gasteiger charge is 2.25. The van der Waals surface area contributed by atoms with Gasteiger partial charge in [0, 0.05) is 17.8 Å². The standard InChI is InChI=1S/C18H14N4O5/c1-27-14-5-6-15-11(8-14)2-3-12-10-20(19-18(12)15)16-7-4-13(21(23)24)9-17(16)22(25)26/h4-10H,2-3H2,1H3. The van der Waals surface area contributed by atoms with Gasteiger partial charge in [-0.3, -0.25) is 20.2 Å². The van der Waals surface area contributed by atoms with Crippen LogP contribution in [0.1, 0.15) is 11.1 Å². The van der Waals surface area contributed by atoms with Crippen LogP contribution in [0.15, 0.2) is 42.6 Å². The van der Waals surface area contributed by atoms with Crippen molar-refractivity contribution < 1.29 is 14.6 Å². The summed E-state index contributed by atoms with van der Waals surface area (Å²) in [6.07, 6.45) is 3.31. The Kier molecular flexibility index (Phi) is 3.84. The van der Waals surface area contributed by atoms with Gasteiger partial charge in [-0.2, -0.15) is 5.10 Å². The molecule has 9 nitrogen and oxygen atoms in total. The summed E-state index contributed by atoms with van der Waals surface area (Å²) >= 11 is 0. The van der Waals surface area contributed by atoms with Gasteiger partial charge < -0.3 is 4.74 Å². The molecule has 0 saturated heterocycles. The molecule has 0 aliphatic heterocycles. The van der Waals surface area contributed by atoms with Crippen molar-refractivity contribution in [2.45, 2.75) is 12.8 Å². The van der Waals surface area contributed by atoms with E-state index in [0.29, 0.717) is 0 Å². The van der Waals surface area contributed by atoms with Crippen molar-refractivity contribution in [3.63, 3.8) is 0 Å². The van der Waals surface area contributed by atoms with Crippen LogP contribution < -0.4 is 4.74 Å². The van der Waals surface area contributed by atoms with Crippen LogP contribution >= 0.6 is 0 Å². The number of nitro groups is 2. The summed E-state index contributed by atoms with van der Waals surface area (Å²) in [5, 5.41) is 26.9. The molecule has 0 radical (unpaired) electrons. The average molecular weight is 366 g/mol. The van der Waals surface area contributed by atoms with E-state index in [2.05, 4.69) is 5.10 Å². The van der Waals surface area contributed by atoms with Crippen LogP contribution in [-0.4, -0.2) is 26.7 Å². The van der Waals surface area contributed by atoms with Gasteiger partial charge in [0.25, 0.3) is 5.69 Å². The van der Waals surface area contributed by atoms with E-state index in [4.69, 9.17) is 4.74 Å². The van der Waals surface area contributed by atoms with Gasteiger partial charge in [-0.05, 0) is 48.2 Å². The molecule has 0 unspecified atom stereocenters. The molecule has 27 heavy (non-hydrogen) atoms.